The summed E-state index contributed by atoms with van der Waals surface area (Å²) in [7, 11) is 0. The summed E-state index contributed by atoms with van der Waals surface area (Å²) in [5, 5.41) is 3.97. The minimum atomic E-state index is 0.636. The second-order valence-electron chi connectivity index (χ2n) is 5.60. The molecule has 3 aromatic rings. The number of imidazole rings is 1. The Labute approximate surface area is 132 Å². The fourth-order valence-electron chi connectivity index (χ4n) is 2.78. The standard InChI is InChI=1S/C14H18N6OS/c1-11-16-13(17-21-11)10-19-6-4-18(5-7-19)8-12-9-20-3-2-15-14(20)22-12/h2-3,9H,4-8,10H2,1H3. The lowest BCUT2D eigenvalue weighted by Gasteiger charge is -2.33. The number of rotatable bonds is 4. The van der Waals surface area contributed by atoms with Crippen molar-refractivity contribution >= 4 is 16.3 Å². The number of hydrogen-bond acceptors (Lipinski definition) is 7. The molecule has 0 amide bonds. The van der Waals surface area contributed by atoms with E-state index in [4.69, 9.17) is 4.52 Å². The number of piperazine rings is 1. The number of aromatic nitrogens is 4. The largest absolute Gasteiger partial charge is 0.340 e. The summed E-state index contributed by atoms with van der Waals surface area (Å²) >= 11 is 1.77. The quantitative estimate of drug-likeness (QED) is 0.725. The van der Waals surface area contributed by atoms with E-state index in [1.54, 1.807) is 11.3 Å². The zero-order valence-corrected chi connectivity index (χ0v) is 13.3. The minimum absolute atomic E-state index is 0.636. The van der Waals surface area contributed by atoms with E-state index in [-0.39, 0.29) is 0 Å². The maximum Gasteiger partial charge on any atom is 0.223 e. The lowest BCUT2D eigenvalue weighted by atomic mass is 10.3. The normalized spacial score (nSPS) is 17.5. The smallest absolute Gasteiger partial charge is 0.223 e. The van der Waals surface area contributed by atoms with Crippen LogP contribution in [-0.2, 0) is 13.1 Å². The summed E-state index contributed by atoms with van der Waals surface area (Å²) in [6, 6.07) is 0. The molecule has 0 N–H and O–H groups in total. The highest BCUT2D eigenvalue weighted by Gasteiger charge is 2.19. The molecule has 1 aliphatic rings. The van der Waals surface area contributed by atoms with E-state index in [0.717, 1.165) is 50.1 Å². The lowest BCUT2D eigenvalue weighted by Crippen LogP contribution is -2.45. The van der Waals surface area contributed by atoms with Gasteiger partial charge in [-0.15, -0.1) is 0 Å². The molecule has 1 saturated heterocycles. The molecule has 4 rings (SSSR count). The molecule has 116 valence electrons. The van der Waals surface area contributed by atoms with Crippen LogP contribution >= 0.6 is 11.3 Å². The van der Waals surface area contributed by atoms with Crippen molar-refractivity contribution in [1.29, 1.82) is 0 Å². The highest BCUT2D eigenvalue weighted by Crippen LogP contribution is 2.19. The topological polar surface area (TPSA) is 62.7 Å². The number of aryl methyl sites for hydroxylation is 1. The molecule has 0 saturated carbocycles. The fraction of sp³-hybridized carbons (Fsp3) is 0.500. The van der Waals surface area contributed by atoms with Crippen molar-refractivity contribution in [3.05, 3.63) is 35.2 Å². The molecule has 22 heavy (non-hydrogen) atoms. The van der Waals surface area contributed by atoms with Gasteiger partial charge in [0.25, 0.3) is 0 Å². The molecule has 0 bridgehead atoms. The first-order chi connectivity index (χ1) is 10.8. The highest BCUT2D eigenvalue weighted by molar-refractivity contribution is 7.17. The van der Waals surface area contributed by atoms with E-state index in [0.29, 0.717) is 5.89 Å². The summed E-state index contributed by atoms with van der Waals surface area (Å²) < 4.78 is 7.11. The van der Waals surface area contributed by atoms with Gasteiger partial charge in [0.15, 0.2) is 10.8 Å². The first-order valence-corrected chi connectivity index (χ1v) is 8.23. The van der Waals surface area contributed by atoms with Crippen molar-refractivity contribution in [3.63, 3.8) is 0 Å². The van der Waals surface area contributed by atoms with Crippen LogP contribution in [-0.4, -0.2) is 55.5 Å². The predicted octanol–water partition coefficient (Wildman–Crippen LogP) is 1.41. The van der Waals surface area contributed by atoms with E-state index in [9.17, 15) is 0 Å². The van der Waals surface area contributed by atoms with Crippen LogP contribution in [0.3, 0.4) is 0 Å². The second kappa shape index (κ2) is 5.79. The van der Waals surface area contributed by atoms with Crippen LogP contribution < -0.4 is 0 Å². The van der Waals surface area contributed by atoms with Crippen molar-refractivity contribution < 1.29 is 4.52 Å². The van der Waals surface area contributed by atoms with E-state index in [2.05, 4.69) is 35.5 Å². The summed E-state index contributed by atoms with van der Waals surface area (Å²) in [5.41, 5.74) is 0. The van der Waals surface area contributed by atoms with E-state index < -0.39 is 0 Å². The van der Waals surface area contributed by atoms with Gasteiger partial charge in [-0.2, -0.15) is 4.98 Å². The predicted molar refractivity (Wildman–Crippen MR) is 82.7 cm³/mol. The molecule has 0 unspecified atom stereocenters. The van der Waals surface area contributed by atoms with Crippen molar-refractivity contribution in [3.8, 4) is 0 Å². The van der Waals surface area contributed by atoms with Gasteiger partial charge in [-0.1, -0.05) is 16.5 Å². The Hall–Kier alpha value is -1.77. The Morgan fingerprint density at radius 1 is 1.18 bits per heavy atom. The minimum Gasteiger partial charge on any atom is -0.340 e. The van der Waals surface area contributed by atoms with E-state index >= 15 is 0 Å². The maximum absolute atomic E-state index is 5.02. The third-order valence-corrected chi connectivity index (χ3v) is 4.91. The fourth-order valence-corrected chi connectivity index (χ4v) is 3.76. The van der Waals surface area contributed by atoms with Gasteiger partial charge in [-0.25, -0.2) is 4.98 Å². The molecule has 0 spiro atoms. The van der Waals surface area contributed by atoms with Gasteiger partial charge in [0, 0.05) is 63.1 Å². The Morgan fingerprint density at radius 3 is 2.64 bits per heavy atom. The molecule has 3 aromatic heterocycles. The Balaban J connectivity index is 1.30. The van der Waals surface area contributed by atoms with Gasteiger partial charge in [0.1, 0.15) is 0 Å². The van der Waals surface area contributed by atoms with Crippen LogP contribution in [0.4, 0.5) is 0 Å². The van der Waals surface area contributed by atoms with Gasteiger partial charge >= 0.3 is 0 Å². The molecular weight excluding hydrogens is 300 g/mol. The van der Waals surface area contributed by atoms with Crippen LogP contribution in [0.15, 0.2) is 23.1 Å². The van der Waals surface area contributed by atoms with Crippen LogP contribution in [0.25, 0.3) is 4.96 Å². The zero-order chi connectivity index (χ0) is 14.9. The number of hydrogen-bond donors (Lipinski definition) is 0. The average molecular weight is 318 g/mol. The maximum atomic E-state index is 5.02. The van der Waals surface area contributed by atoms with Crippen molar-refractivity contribution in [2.24, 2.45) is 0 Å². The van der Waals surface area contributed by atoms with Crippen LogP contribution in [0.2, 0.25) is 0 Å². The number of fused-ring (bicyclic) bond motifs is 1. The molecular formula is C14H18N6OS. The monoisotopic (exact) mass is 318 g/mol. The Kier molecular flexibility index (Phi) is 3.65. The Morgan fingerprint density at radius 2 is 1.95 bits per heavy atom. The van der Waals surface area contributed by atoms with Gasteiger partial charge in [-0.3, -0.25) is 14.2 Å². The van der Waals surface area contributed by atoms with Gasteiger partial charge in [-0.05, 0) is 0 Å². The molecule has 7 nitrogen and oxygen atoms in total. The van der Waals surface area contributed by atoms with Crippen molar-refractivity contribution in [2.45, 2.75) is 20.0 Å². The molecule has 0 aliphatic carbocycles. The SMILES string of the molecule is Cc1nc(CN2CCN(Cc3cn4ccnc4s3)CC2)no1. The number of nitrogens with zero attached hydrogens (tertiary/aromatic N) is 6. The van der Waals surface area contributed by atoms with Crippen LogP contribution in [0, 0.1) is 6.92 Å². The highest BCUT2D eigenvalue weighted by atomic mass is 32.1. The number of thiazole rings is 1. The van der Waals surface area contributed by atoms with E-state index in [1.165, 1.54) is 4.88 Å². The molecule has 4 heterocycles. The molecule has 0 aromatic carbocycles. The van der Waals surface area contributed by atoms with Gasteiger partial charge in [0.2, 0.25) is 5.89 Å². The summed E-state index contributed by atoms with van der Waals surface area (Å²) in [5.74, 6) is 1.42. The average Bonchev–Trinajstić information content (AvgIpc) is 3.18. The lowest BCUT2D eigenvalue weighted by molar-refractivity contribution is 0.120. The molecule has 0 atom stereocenters. The Bertz CT molecular complexity index is 726. The first-order valence-electron chi connectivity index (χ1n) is 7.41. The summed E-state index contributed by atoms with van der Waals surface area (Å²) in [4.78, 5) is 15.9. The molecule has 8 heteroatoms. The third kappa shape index (κ3) is 2.90. The third-order valence-electron chi connectivity index (χ3n) is 3.92. The van der Waals surface area contributed by atoms with Crippen molar-refractivity contribution in [1.82, 2.24) is 29.3 Å². The summed E-state index contributed by atoms with van der Waals surface area (Å²) in [6.45, 7) is 7.81. The van der Waals surface area contributed by atoms with Crippen LogP contribution in [0.5, 0.6) is 0 Å². The van der Waals surface area contributed by atoms with Gasteiger partial charge < -0.3 is 4.52 Å². The summed E-state index contributed by atoms with van der Waals surface area (Å²) in [6.07, 6.45) is 6.02. The second-order valence-corrected chi connectivity index (χ2v) is 6.69. The molecule has 0 radical (unpaired) electrons. The van der Waals surface area contributed by atoms with Gasteiger partial charge in [0.05, 0.1) is 6.54 Å². The molecule has 1 aliphatic heterocycles. The van der Waals surface area contributed by atoms with Crippen molar-refractivity contribution in [2.75, 3.05) is 26.2 Å². The van der Waals surface area contributed by atoms with E-state index in [1.807, 2.05) is 19.3 Å². The van der Waals surface area contributed by atoms with Crippen LogP contribution in [0.1, 0.15) is 16.6 Å². The molecule has 1 fully saturated rings. The first kappa shape index (κ1) is 13.9. The zero-order valence-electron chi connectivity index (χ0n) is 12.5.